The number of hydrogen-bond acceptors (Lipinski definition) is 2. The minimum Gasteiger partial charge on any atom is -0.361 e. The van der Waals surface area contributed by atoms with Gasteiger partial charge in [0, 0.05) is 44.3 Å². The molecule has 0 saturated heterocycles. The van der Waals surface area contributed by atoms with E-state index in [4.69, 9.17) is 0 Å². The Labute approximate surface area is 166 Å². The summed E-state index contributed by atoms with van der Waals surface area (Å²) in [6.07, 6.45) is 3.95. The molecule has 1 aromatic heterocycles. The predicted molar refractivity (Wildman–Crippen MR) is 115 cm³/mol. The van der Waals surface area contributed by atoms with Crippen molar-refractivity contribution < 1.29 is 4.79 Å². The summed E-state index contributed by atoms with van der Waals surface area (Å²) in [7, 11) is 3.48. The van der Waals surface area contributed by atoms with Gasteiger partial charge in [-0.15, -0.1) is 24.0 Å². The summed E-state index contributed by atoms with van der Waals surface area (Å²) in [6, 6.07) is 8.29. The summed E-state index contributed by atoms with van der Waals surface area (Å²) in [5, 5.41) is 7.80. The van der Waals surface area contributed by atoms with Gasteiger partial charge in [0.2, 0.25) is 5.91 Å². The molecule has 0 fully saturated rings. The van der Waals surface area contributed by atoms with E-state index in [9.17, 15) is 4.79 Å². The molecule has 2 rings (SSSR count). The number of guanidine groups is 1. The lowest BCUT2D eigenvalue weighted by Gasteiger charge is -2.13. The Morgan fingerprint density at radius 3 is 2.64 bits per heavy atom. The maximum atomic E-state index is 11.7. The summed E-state index contributed by atoms with van der Waals surface area (Å²) >= 11 is 0. The second-order valence-electron chi connectivity index (χ2n) is 5.92. The Morgan fingerprint density at radius 1 is 1.20 bits per heavy atom. The Kier molecular flexibility index (Phi) is 9.33. The minimum atomic E-state index is -0.00997. The fourth-order valence-corrected chi connectivity index (χ4v) is 2.36. The van der Waals surface area contributed by atoms with Crippen molar-refractivity contribution in [3.05, 3.63) is 36.0 Å². The largest absolute Gasteiger partial charge is 0.361 e. The van der Waals surface area contributed by atoms with E-state index < -0.39 is 0 Å². The monoisotopic (exact) mass is 457 g/mol. The molecule has 0 spiro atoms. The van der Waals surface area contributed by atoms with E-state index in [2.05, 4.69) is 51.9 Å². The summed E-state index contributed by atoms with van der Waals surface area (Å²) in [4.78, 5) is 20.9. The second-order valence-corrected chi connectivity index (χ2v) is 5.92. The van der Waals surface area contributed by atoms with Crippen LogP contribution in [0, 0.1) is 0 Å². The molecule has 0 aliphatic heterocycles. The molecule has 7 heteroatoms. The summed E-state index contributed by atoms with van der Waals surface area (Å²) in [6.45, 7) is 3.84. The van der Waals surface area contributed by atoms with Crippen molar-refractivity contribution in [1.29, 1.82) is 0 Å². The number of H-pyrrole nitrogens is 1. The van der Waals surface area contributed by atoms with Gasteiger partial charge in [0.25, 0.3) is 0 Å². The van der Waals surface area contributed by atoms with Crippen molar-refractivity contribution in [2.24, 2.45) is 4.99 Å². The van der Waals surface area contributed by atoms with Crippen molar-refractivity contribution in [3.63, 3.8) is 0 Å². The lowest BCUT2D eigenvalue weighted by Crippen LogP contribution is -2.39. The molecule has 0 radical (unpaired) electrons. The van der Waals surface area contributed by atoms with E-state index in [1.165, 1.54) is 10.9 Å². The number of aromatic nitrogens is 1. The maximum absolute atomic E-state index is 11.7. The number of aromatic amines is 1. The number of fused-ring (bicyclic) bond motifs is 1. The molecule has 1 heterocycles. The third-order valence-electron chi connectivity index (χ3n) is 3.78. The highest BCUT2D eigenvalue weighted by Gasteiger charge is 2.06. The molecule has 3 N–H and O–H groups in total. The molecule has 6 nitrogen and oxygen atoms in total. The fourth-order valence-electron chi connectivity index (χ4n) is 2.36. The first-order chi connectivity index (χ1) is 11.6. The van der Waals surface area contributed by atoms with Gasteiger partial charge in [-0.3, -0.25) is 4.79 Å². The molecule has 0 bridgehead atoms. The van der Waals surface area contributed by atoms with Gasteiger partial charge in [-0.25, -0.2) is 4.99 Å². The third kappa shape index (κ3) is 6.56. The van der Waals surface area contributed by atoms with Crippen molar-refractivity contribution in [1.82, 2.24) is 20.5 Å². The highest BCUT2D eigenvalue weighted by atomic mass is 127. The number of rotatable bonds is 7. The van der Waals surface area contributed by atoms with Crippen molar-refractivity contribution in [2.45, 2.75) is 19.8 Å². The third-order valence-corrected chi connectivity index (χ3v) is 3.78. The average molecular weight is 457 g/mol. The van der Waals surface area contributed by atoms with Crippen molar-refractivity contribution in [3.8, 4) is 0 Å². The molecule has 0 saturated carbocycles. The van der Waals surface area contributed by atoms with Crippen LogP contribution >= 0.6 is 24.0 Å². The molecule has 2 aromatic rings. The highest BCUT2D eigenvalue weighted by molar-refractivity contribution is 14.0. The zero-order valence-corrected chi connectivity index (χ0v) is 17.5. The summed E-state index contributed by atoms with van der Waals surface area (Å²) < 4.78 is 0. The second kappa shape index (κ2) is 11.0. The molecule has 0 unspecified atom stereocenters. The van der Waals surface area contributed by atoms with Crippen LogP contribution in [0.3, 0.4) is 0 Å². The molecule has 0 atom stereocenters. The number of nitrogens with zero attached hydrogens (tertiary/aromatic N) is 2. The Morgan fingerprint density at radius 2 is 1.92 bits per heavy atom. The molecular weight excluding hydrogens is 429 g/mol. The van der Waals surface area contributed by atoms with Crippen LogP contribution in [0.15, 0.2) is 35.5 Å². The normalized spacial score (nSPS) is 11.1. The lowest BCUT2D eigenvalue weighted by atomic mass is 10.1. The molecule has 1 amide bonds. The number of para-hydroxylation sites is 1. The smallest absolute Gasteiger partial charge is 0.243 e. The van der Waals surface area contributed by atoms with Crippen LogP contribution in [-0.4, -0.2) is 55.5 Å². The van der Waals surface area contributed by atoms with Gasteiger partial charge in [0.15, 0.2) is 5.96 Å². The molecular formula is C18H28IN5O. The lowest BCUT2D eigenvalue weighted by molar-refractivity contribution is -0.127. The van der Waals surface area contributed by atoms with Gasteiger partial charge in [-0.2, -0.15) is 0 Å². The Balaban J connectivity index is 0.00000312. The zero-order valence-electron chi connectivity index (χ0n) is 15.1. The predicted octanol–water partition coefficient (Wildman–Crippen LogP) is 2.36. The summed E-state index contributed by atoms with van der Waals surface area (Å²) in [5.41, 5.74) is 2.43. The number of likely N-dealkylation sites (N-methyl/N-ethyl adjacent to an activating group) is 1. The molecule has 1 aromatic carbocycles. The number of benzene rings is 1. The van der Waals surface area contributed by atoms with Crippen LogP contribution < -0.4 is 10.6 Å². The number of nitrogens with one attached hydrogen (secondary N) is 3. The first-order valence-corrected chi connectivity index (χ1v) is 8.39. The number of carbonyl (C=O) groups is 1. The number of amides is 1. The number of halogens is 1. The van der Waals surface area contributed by atoms with Crippen LogP contribution in [-0.2, 0) is 11.2 Å². The average Bonchev–Trinajstić information content (AvgIpc) is 2.99. The number of carbonyl (C=O) groups excluding carboxylic acids is 1. The van der Waals surface area contributed by atoms with Crippen LogP contribution in [0.4, 0.5) is 0 Å². The van der Waals surface area contributed by atoms with Gasteiger partial charge in [0.1, 0.15) is 6.54 Å². The maximum Gasteiger partial charge on any atom is 0.243 e. The van der Waals surface area contributed by atoms with Gasteiger partial charge in [0.05, 0.1) is 0 Å². The van der Waals surface area contributed by atoms with E-state index in [0.29, 0.717) is 5.96 Å². The van der Waals surface area contributed by atoms with Crippen LogP contribution in [0.5, 0.6) is 0 Å². The van der Waals surface area contributed by atoms with Crippen molar-refractivity contribution >= 4 is 46.7 Å². The molecule has 0 aliphatic carbocycles. The molecule has 138 valence electrons. The number of aliphatic imine (C=N–C) groups is 1. The zero-order chi connectivity index (χ0) is 17.4. The SMILES string of the molecule is CCCNC(=NCC(=O)N(C)C)NCCc1c[nH]c2ccccc12.I. The summed E-state index contributed by atoms with van der Waals surface area (Å²) in [5.74, 6) is 0.677. The van der Waals surface area contributed by atoms with E-state index >= 15 is 0 Å². The minimum absolute atomic E-state index is 0. The molecule has 25 heavy (non-hydrogen) atoms. The van der Waals surface area contributed by atoms with Gasteiger partial charge in [-0.1, -0.05) is 25.1 Å². The van der Waals surface area contributed by atoms with E-state index in [1.807, 2.05) is 6.07 Å². The topological polar surface area (TPSA) is 72.5 Å². The van der Waals surface area contributed by atoms with Crippen LogP contribution in [0.1, 0.15) is 18.9 Å². The van der Waals surface area contributed by atoms with Crippen LogP contribution in [0.25, 0.3) is 10.9 Å². The van der Waals surface area contributed by atoms with E-state index in [1.54, 1.807) is 19.0 Å². The van der Waals surface area contributed by atoms with E-state index in [0.717, 1.165) is 31.4 Å². The van der Waals surface area contributed by atoms with Crippen LogP contribution in [0.2, 0.25) is 0 Å². The van der Waals surface area contributed by atoms with Crippen molar-refractivity contribution in [2.75, 3.05) is 33.7 Å². The van der Waals surface area contributed by atoms with Gasteiger partial charge < -0.3 is 20.5 Å². The quantitative estimate of drug-likeness (QED) is 0.340. The first kappa shape index (κ1) is 21.3. The highest BCUT2D eigenvalue weighted by Crippen LogP contribution is 2.17. The van der Waals surface area contributed by atoms with E-state index in [-0.39, 0.29) is 36.4 Å². The molecule has 0 aliphatic rings. The standard InChI is InChI=1S/C18H27N5O.HI/c1-4-10-19-18(22-13-17(24)23(2)3)20-11-9-14-12-21-16-8-6-5-7-15(14)16;/h5-8,12,21H,4,9-11,13H2,1-3H3,(H2,19,20,22);1H. The Bertz CT molecular complexity index is 696. The van der Waals surface area contributed by atoms with Gasteiger partial charge in [-0.05, 0) is 24.5 Å². The van der Waals surface area contributed by atoms with Gasteiger partial charge >= 0.3 is 0 Å². The Hall–Kier alpha value is -1.77. The first-order valence-electron chi connectivity index (χ1n) is 8.39. The number of hydrogen-bond donors (Lipinski definition) is 3. The fraction of sp³-hybridized carbons (Fsp3) is 0.444.